The maximum absolute atomic E-state index is 6.57. The van der Waals surface area contributed by atoms with Gasteiger partial charge in [-0.15, -0.1) is 16.7 Å². The van der Waals surface area contributed by atoms with Crippen molar-refractivity contribution in [2.45, 2.75) is 37.1 Å². The lowest BCUT2D eigenvalue weighted by Crippen LogP contribution is -2.43. The molecule has 1 saturated carbocycles. The lowest BCUT2D eigenvalue weighted by molar-refractivity contribution is 0.109. The smallest absolute Gasteiger partial charge is 0.250 e. The summed E-state index contributed by atoms with van der Waals surface area (Å²) in [6.07, 6.45) is 2.57. The molecule has 0 amide bonds. The summed E-state index contributed by atoms with van der Waals surface area (Å²) in [4.78, 5) is 5.26. The van der Waals surface area contributed by atoms with Crippen LogP contribution in [0.4, 0.5) is 0 Å². The second kappa shape index (κ2) is 9.01. The standard InChI is InChI=1S/C24H21Cl3N4O2/c1-14-9-20(22-28-18(13-32-31-22)10-15-5-6-17(25)12-21(15)26)23(30-29-14)33-19-4-2-3-16(11-19)24(27)7-8-24/h2-6,9,11-12,18H,7-8,10,13H2,1H3,(H,28,31)/t18-/m1/s1. The molecule has 1 fully saturated rings. The fourth-order valence-electron chi connectivity index (χ4n) is 3.71. The van der Waals surface area contributed by atoms with Crippen LogP contribution in [0.1, 0.15) is 35.2 Å². The third kappa shape index (κ3) is 5.03. The number of hydrogen-bond donors (Lipinski definition) is 1. The van der Waals surface area contributed by atoms with E-state index in [0.717, 1.165) is 29.7 Å². The lowest BCUT2D eigenvalue weighted by Gasteiger charge is -2.25. The highest BCUT2D eigenvalue weighted by atomic mass is 35.5. The Kier molecular flexibility index (Phi) is 6.08. The Hall–Kier alpha value is -2.54. The first-order valence-corrected chi connectivity index (χ1v) is 11.8. The first-order chi connectivity index (χ1) is 15.9. The SMILES string of the molecule is Cc1cc(C2=NOC[C@@H](Cc3ccc(Cl)cc3Cl)N2)c(Oc2cccc(C3(Cl)CC3)c2)nn1. The molecule has 1 aliphatic heterocycles. The molecule has 1 aromatic heterocycles. The Balaban J connectivity index is 1.38. The molecule has 0 spiro atoms. The molecule has 1 N–H and O–H groups in total. The first-order valence-electron chi connectivity index (χ1n) is 10.6. The average molecular weight is 504 g/mol. The number of aromatic nitrogens is 2. The van der Waals surface area contributed by atoms with Crippen LogP contribution in [0.15, 0.2) is 53.7 Å². The van der Waals surface area contributed by atoms with Crippen LogP contribution in [0.25, 0.3) is 0 Å². The van der Waals surface area contributed by atoms with Crippen molar-refractivity contribution in [3.05, 3.63) is 81.0 Å². The quantitative estimate of drug-likeness (QED) is 0.418. The van der Waals surface area contributed by atoms with E-state index in [1.165, 1.54) is 0 Å². The molecule has 0 saturated heterocycles. The van der Waals surface area contributed by atoms with Crippen molar-refractivity contribution in [1.82, 2.24) is 15.5 Å². The van der Waals surface area contributed by atoms with E-state index in [1.54, 1.807) is 6.07 Å². The summed E-state index contributed by atoms with van der Waals surface area (Å²) in [5, 5.41) is 17.3. The maximum Gasteiger partial charge on any atom is 0.250 e. The second-order valence-corrected chi connectivity index (χ2v) is 9.88. The highest BCUT2D eigenvalue weighted by molar-refractivity contribution is 6.35. The molecule has 170 valence electrons. The van der Waals surface area contributed by atoms with Crippen molar-refractivity contribution in [3.8, 4) is 11.6 Å². The van der Waals surface area contributed by atoms with Crippen molar-refractivity contribution in [2.75, 3.05) is 6.61 Å². The van der Waals surface area contributed by atoms with Crippen LogP contribution in [0.5, 0.6) is 11.6 Å². The zero-order valence-electron chi connectivity index (χ0n) is 17.8. The Morgan fingerprint density at radius 2 is 1.97 bits per heavy atom. The zero-order valence-corrected chi connectivity index (χ0v) is 20.1. The number of hydrogen-bond acceptors (Lipinski definition) is 6. The number of oxime groups is 1. The van der Waals surface area contributed by atoms with Gasteiger partial charge in [0.2, 0.25) is 5.88 Å². The molecule has 1 atom stereocenters. The molecular weight excluding hydrogens is 483 g/mol. The highest BCUT2D eigenvalue weighted by Gasteiger charge is 2.42. The monoisotopic (exact) mass is 502 g/mol. The summed E-state index contributed by atoms with van der Waals surface area (Å²) in [5.41, 5.74) is 3.40. The van der Waals surface area contributed by atoms with E-state index < -0.39 is 0 Å². The van der Waals surface area contributed by atoms with Gasteiger partial charge in [0.25, 0.3) is 0 Å². The summed E-state index contributed by atoms with van der Waals surface area (Å²) < 4.78 is 6.12. The van der Waals surface area contributed by atoms with Crippen molar-refractivity contribution >= 4 is 40.6 Å². The molecule has 1 aliphatic carbocycles. The van der Waals surface area contributed by atoms with E-state index in [9.17, 15) is 0 Å². The number of aryl methyl sites for hydroxylation is 1. The van der Waals surface area contributed by atoms with E-state index in [2.05, 4.69) is 20.7 Å². The van der Waals surface area contributed by atoms with Crippen molar-refractivity contribution in [2.24, 2.45) is 5.16 Å². The molecule has 2 aromatic carbocycles. The number of rotatable bonds is 6. The van der Waals surface area contributed by atoms with Crippen LogP contribution in [0, 0.1) is 6.92 Å². The van der Waals surface area contributed by atoms with Gasteiger partial charge < -0.3 is 14.9 Å². The number of benzene rings is 2. The van der Waals surface area contributed by atoms with E-state index in [4.69, 9.17) is 44.4 Å². The second-order valence-electron chi connectivity index (χ2n) is 8.32. The Labute approximate surface area is 206 Å². The number of nitrogens with zero attached hydrogens (tertiary/aromatic N) is 3. The van der Waals surface area contributed by atoms with Crippen molar-refractivity contribution in [3.63, 3.8) is 0 Å². The third-order valence-electron chi connectivity index (χ3n) is 5.65. The fraction of sp³-hybridized carbons (Fsp3) is 0.292. The van der Waals surface area contributed by atoms with Crippen LogP contribution >= 0.6 is 34.8 Å². The summed E-state index contributed by atoms with van der Waals surface area (Å²) >= 11 is 19.0. The van der Waals surface area contributed by atoms with Gasteiger partial charge in [0.05, 0.1) is 22.2 Å². The number of alkyl halides is 1. The van der Waals surface area contributed by atoms with Crippen molar-refractivity contribution in [1.29, 1.82) is 0 Å². The average Bonchev–Trinajstić information content (AvgIpc) is 3.56. The minimum atomic E-state index is -0.278. The largest absolute Gasteiger partial charge is 0.437 e. The predicted molar refractivity (Wildman–Crippen MR) is 130 cm³/mol. The fourth-order valence-corrected chi connectivity index (χ4v) is 4.41. The van der Waals surface area contributed by atoms with Gasteiger partial charge in [-0.1, -0.05) is 46.6 Å². The zero-order chi connectivity index (χ0) is 23.0. The molecule has 2 heterocycles. The van der Waals surface area contributed by atoms with Gasteiger partial charge in [0.1, 0.15) is 12.4 Å². The molecule has 0 radical (unpaired) electrons. The highest BCUT2D eigenvalue weighted by Crippen LogP contribution is 2.52. The van der Waals surface area contributed by atoms with E-state index >= 15 is 0 Å². The maximum atomic E-state index is 6.57. The van der Waals surface area contributed by atoms with Gasteiger partial charge in [-0.2, -0.15) is 5.10 Å². The molecule has 0 bridgehead atoms. The van der Waals surface area contributed by atoms with E-state index in [-0.39, 0.29) is 10.9 Å². The Morgan fingerprint density at radius 1 is 1.12 bits per heavy atom. The molecule has 5 rings (SSSR count). The van der Waals surface area contributed by atoms with Crippen LogP contribution in [0.2, 0.25) is 10.0 Å². The molecule has 0 unspecified atom stereocenters. The molecule has 9 heteroatoms. The number of halogens is 3. The summed E-state index contributed by atoms with van der Waals surface area (Å²) in [6, 6.07) is 15.1. The normalized spacial score (nSPS) is 18.7. The van der Waals surface area contributed by atoms with Crippen LogP contribution < -0.4 is 10.1 Å². The van der Waals surface area contributed by atoms with Gasteiger partial charge in [-0.25, -0.2) is 0 Å². The molecule has 3 aromatic rings. The summed E-state index contributed by atoms with van der Waals surface area (Å²) in [5.74, 6) is 1.49. The molecule has 2 aliphatic rings. The van der Waals surface area contributed by atoms with Crippen LogP contribution in [-0.2, 0) is 16.1 Å². The van der Waals surface area contributed by atoms with Crippen LogP contribution in [-0.4, -0.2) is 28.7 Å². The van der Waals surface area contributed by atoms with E-state index in [1.807, 2.05) is 49.4 Å². The van der Waals surface area contributed by atoms with Gasteiger partial charge in [0, 0.05) is 10.0 Å². The lowest BCUT2D eigenvalue weighted by atomic mass is 10.1. The number of amidine groups is 1. The van der Waals surface area contributed by atoms with Crippen molar-refractivity contribution < 1.29 is 9.57 Å². The van der Waals surface area contributed by atoms with Gasteiger partial charge in [-0.05, 0) is 67.6 Å². The number of nitrogens with one attached hydrogen (secondary N) is 1. The minimum Gasteiger partial charge on any atom is -0.437 e. The first kappa shape index (κ1) is 22.3. The summed E-state index contributed by atoms with van der Waals surface area (Å²) in [7, 11) is 0. The van der Waals surface area contributed by atoms with Gasteiger partial charge in [0.15, 0.2) is 5.84 Å². The number of ether oxygens (including phenoxy) is 1. The van der Waals surface area contributed by atoms with E-state index in [0.29, 0.717) is 46.1 Å². The molecular formula is C24H21Cl3N4O2. The molecule has 6 nitrogen and oxygen atoms in total. The topological polar surface area (TPSA) is 68.6 Å². The third-order valence-corrected chi connectivity index (χ3v) is 6.83. The van der Waals surface area contributed by atoms with Gasteiger partial charge >= 0.3 is 0 Å². The predicted octanol–water partition coefficient (Wildman–Crippen LogP) is 6.00. The Morgan fingerprint density at radius 3 is 2.76 bits per heavy atom. The van der Waals surface area contributed by atoms with Crippen LogP contribution in [0.3, 0.4) is 0 Å². The Bertz CT molecular complexity index is 1230. The minimum absolute atomic E-state index is 0.0493. The summed E-state index contributed by atoms with van der Waals surface area (Å²) in [6.45, 7) is 2.26. The molecule has 33 heavy (non-hydrogen) atoms. The van der Waals surface area contributed by atoms with Gasteiger partial charge in [-0.3, -0.25) is 0 Å².